The molecule has 0 aliphatic heterocycles. The molecule has 0 unspecified atom stereocenters. The van der Waals surface area contributed by atoms with Gasteiger partial charge in [-0.15, -0.1) is 0 Å². The average Bonchev–Trinajstić information content (AvgIpc) is 2.94. The number of nitrogens with one attached hydrogen (secondary N) is 2. The summed E-state index contributed by atoms with van der Waals surface area (Å²) in [5.41, 5.74) is 2.24. The summed E-state index contributed by atoms with van der Waals surface area (Å²) in [6.45, 7) is 4.01. The molecule has 1 aromatic carbocycles. The molecule has 1 aliphatic rings. The minimum absolute atomic E-state index is 0.552. The van der Waals surface area contributed by atoms with Crippen molar-refractivity contribution in [2.24, 2.45) is 0 Å². The van der Waals surface area contributed by atoms with E-state index >= 15 is 0 Å². The lowest BCUT2D eigenvalue weighted by Gasteiger charge is -2.15. The van der Waals surface area contributed by atoms with Gasteiger partial charge in [-0.3, -0.25) is 0 Å². The van der Waals surface area contributed by atoms with Crippen LogP contribution in [0.2, 0.25) is 0 Å². The van der Waals surface area contributed by atoms with Crippen molar-refractivity contribution in [3.8, 4) is 0 Å². The van der Waals surface area contributed by atoms with E-state index in [-0.39, 0.29) is 0 Å². The number of aromatic nitrogens is 2. The topological polar surface area (TPSA) is 49.8 Å². The van der Waals surface area contributed by atoms with Gasteiger partial charge in [0.2, 0.25) is 0 Å². The zero-order valence-electron chi connectivity index (χ0n) is 13.0. The molecule has 0 radical (unpaired) electrons. The van der Waals surface area contributed by atoms with E-state index in [9.17, 15) is 0 Å². The van der Waals surface area contributed by atoms with Gasteiger partial charge in [0.05, 0.1) is 0 Å². The minimum atomic E-state index is 0.552. The maximum atomic E-state index is 4.51. The monoisotopic (exact) mass is 360 g/mol. The van der Waals surface area contributed by atoms with Crippen molar-refractivity contribution in [1.82, 2.24) is 9.97 Å². The van der Waals surface area contributed by atoms with Crippen LogP contribution in [0.4, 0.5) is 17.3 Å². The van der Waals surface area contributed by atoms with Gasteiger partial charge in [0, 0.05) is 22.3 Å². The Morgan fingerprint density at radius 2 is 1.77 bits per heavy atom. The van der Waals surface area contributed by atoms with E-state index < -0.39 is 0 Å². The Morgan fingerprint density at radius 3 is 2.50 bits per heavy atom. The lowest BCUT2D eigenvalue weighted by Crippen LogP contribution is -2.16. The van der Waals surface area contributed by atoms with Gasteiger partial charge < -0.3 is 10.6 Å². The second-order valence-electron chi connectivity index (χ2n) is 5.90. The highest BCUT2D eigenvalue weighted by Gasteiger charge is 2.15. The summed E-state index contributed by atoms with van der Waals surface area (Å²) in [4.78, 5) is 9.00. The van der Waals surface area contributed by atoms with E-state index in [0.29, 0.717) is 6.04 Å². The Kier molecular flexibility index (Phi) is 4.62. The average molecular weight is 361 g/mol. The van der Waals surface area contributed by atoms with Crippen LogP contribution in [0.3, 0.4) is 0 Å². The van der Waals surface area contributed by atoms with Crippen molar-refractivity contribution < 1.29 is 0 Å². The zero-order chi connectivity index (χ0) is 15.5. The maximum Gasteiger partial charge on any atom is 0.136 e. The van der Waals surface area contributed by atoms with Crippen LogP contribution in [0.1, 0.15) is 37.1 Å². The molecule has 2 aromatic rings. The first-order valence-corrected chi connectivity index (χ1v) is 8.55. The number of aryl methyl sites for hydroxylation is 2. The molecule has 116 valence electrons. The molecule has 0 spiro atoms. The molecular weight excluding hydrogens is 340 g/mol. The van der Waals surface area contributed by atoms with Gasteiger partial charge in [0.25, 0.3) is 0 Å². The first-order valence-electron chi connectivity index (χ1n) is 7.75. The quantitative estimate of drug-likeness (QED) is 0.809. The van der Waals surface area contributed by atoms with Gasteiger partial charge in [0.1, 0.15) is 17.5 Å². The van der Waals surface area contributed by atoms with Gasteiger partial charge in [-0.1, -0.05) is 28.8 Å². The van der Waals surface area contributed by atoms with Gasteiger partial charge >= 0.3 is 0 Å². The highest BCUT2D eigenvalue weighted by Crippen LogP contribution is 2.25. The summed E-state index contributed by atoms with van der Waals surface area (Å²) < 4.78 is 1.08. The number of hydrogen-bond donors (Lipinski definition) is 2. The van der Waals surface area contributed by atoms with Crippen LogP contribution in [-0.2, 0) is 0 Å². The molecular formula is C17H21BrN4. The number of rotatable bonds is 4. The van der Waals surface area contributed by atoms with E-state index in [1.165, 1.54) is 31.2 Å². The van der Waals surface area contributed by atoms with Crippen molar-refractivity contribution in [1.29, 1.82) is 0 Å². The number of benzene rings is 1. The normalized spacial score (nSPS) is 15.0. The van der Waals surface area contributed by atoms with E-state index in [0.717, 1.165) is 27.6 Å². The van der Waals surface area contributed by atoms with Crippen LogP contribution in [-0.4, -0.2) is 16.0 Å². The molecule has 1 heterocycles. The smallest absolute Gasteiger partial charge is 0.136 e. The lowest BCUT2D eigenvalue weighted by atomic mass is 10.2. The van der Waals surface area contributed by atoms with Crippen molar-refractivity contribution >= 4 is 33.3 Å². The molecule has 1 aromatic heterocycles. The van der Waals surface area contributed by atoms with Crippen molar-refractivity contribution in [2.45, 2.75) is 45.6 Å². The molecule has 0 bridgehead atoms. The Balaban J connectivity index is 1.79. The fourth-order valence-corrected chi connectivity index (χ4v) is 3.37. The fourth-order valence-electron chi connectivity index (χ4n) is 2.89. The number of halogens is 1. The highest BCUT2D eigenvalue weighted by atomic mass is 79.9. The summed E-state index contributed by atoms with van der Waals surface area (Å²) in [5.74, 6) is 2.52. The molecule has 0 saturated heterocycles. The van der Waals surface area contributed by atoms with E-state index in [1.807, 2.05) is 19.1 Å². The van der Waals surface area contributed by atoms with Gasteiger partial charge in [-0.2, -0.15) is 0 Å². The molecule has 1 aliphatic carbocycles. The van der Waals surface area contributed by atoms with Gasteiger partial charge in [-0.05, 0) is 50.5 Å². The van der Waals surface area contributed by atoms with Crippen LogP contribution < -0.4 is 10.6 Å². The summed E-state index contributed by atoms with van der Waals surface area (Å²) >= 11 is 3.49. The molecule has 2 N–H and O–H groups in total. The van der Waals surface area contributed by atoms with Crippen molar-refractivity contribution in [3.05, 3.63) is 40.1 Å². The number of anilines is 3. The van der Waals surface area contributed by atoms with E-state index in [4.69, 9.17) is 0 Å². The third-order valence-electron chi connectivity index (χ3n) is 4.00. The maximum absolute atomic E-state index is 4.51. The second kappa shape index (κ2) is 6.65. The first-order chi connectivity index (χ1) is 10.6. The molecule has 4 nitrogen and oxygen atoms in total. The molecule has 1 fully saturated rings. The predicted octanol–water partition coefficient (Wildman–Crippen LogP) is 4.95. The van der Waals surface area contributed by atoms with Gasteiger partial charge in [-0.25, -0.2) is 9.97 Å². The van der Waals surface area contributed by atoms with Crippen LogP contribution >= 0.6 is 15.9 Å². The predicted molar refractivity (Wildman–Crippen MR) is 94.8 cm³/mol. The van der Waals surface area contributed by atoms with Crippen LogP contribution in [0.25, 0.3) is 0 Å². The minimum Gasteiger partial charge on any atom is -0.367 e. The summed E-state index contributed by atoms with van der Waals surface area (Å²) in [6.07, 6.45) is 5.09. The molecule has 5 heteroatoms. The largest absolute Gasteiger partial charge is 0.367 e. The third kappa shape index (κ3) is 3.77. The number of nitrogens with zero attached hydrogens (tertiary/aromatic N) is 2. The Labute approximate surface area is 139 Å². The molecule has 22 heavy (non-hydrogen) atoms. The Morgan fingerprint density at radius 1 is 1.05 bits per heavy atom. The van der Waals surface area contributed by atoms with Crippen LogP contribution in [0, 0.1) is 13.8 Å². The van der Waals surface area contributed by atoms with Crippen molar-refractivity contribution in [2.75, 3.05) is 10.6 Å². The van der Waals surface area contributed by atoms with Crippen LogP contribution in [0.5, 0.6) is 0 Å². The molecule has 3 rings (SSSR count). The summed E-state index contributed by atoms with van der Waals surface area (Å²) in [5, 5.41) is 6.93. The highest BCUT2D eigenvalue weighted by molar-refractivity contribution is 9.10. The SMILES string of the molecule is Cc1nc(Nc2ccc(Br)cc2C)cc(NC2CCCC2)n1. The molecule has 0 atom stereocenters. The Bertz CT molecular complexity index is 666. The second-order valence-corrected chi connectivity index (χ2v) is 6.81. The summed E-state index contributed by atoms with van der Waals surface area (Å²) in [6, 6.07) is 8.72. The number of hydrogen-bond acceptors (Lipinski definition) is 4. The van der Waals surface area contributed by atoms with E-state index in [1.54, 1.807) is 0 Å². The van der Waals surface area contributed by atoms with Gasteiger partial charge in [0.15, 0.2) is 0 Å². The van der Waals surface area contributed by atoms with Crippen molar-refractivity contribution in [3.63, 3.8) is 0 Å². The molecule has 1 saturated carbocycles. The van der Waals surface area contributed by atoms with Crippen LogP contribution in [0.15, 0.2) is 28.7 Å². The van der Waals surface area contributed by atoms with E-state index in [2.05, 4.69) is 55.6 Å². The fraction of sp³-hybridized carbons (Fsp3) is 0.412. The first kappa shape index (κ1) is 15.3. The Hall–Kier alpha value is -1.62. The standard InChI is InChI=1S/C17H21BrN4/c1-11-9-13(18)7-8-15(11)22-17-10-16(19-12(2)20-17)21-14-5-3-4-6-14/h7-10,14H,3-6H2,1-2H3,(H2,19,20,21,22). The molecule has 0 amide bonds. The summed E-state index contributed by atoms with van der Waals surface area (Å²) in [7, 11) is 0. The lowest BCUT2D eigenvalue weighted by molar-refractivity contribution is 0.748. The third-order valence-corrected chi connectivity index (χ3v) is 4.49. The zero-order valence-corrected chi connectivity index (χ0v) is 14.6.